The highest BCUT2D eigenvalue weighted by Gasteiger charge is 2.24. The zero-order valence-electron chi connectivity index (χ0n) is 8.91. The monoisotopic (exact) mass is 252 g/mol. The topological polar surface area (TPSA) is 20.7 Å². The Morgan fingerprint density at radius 3 is 2.59 bits per heavy atom. The molecule has 1 aliphatic heterocycles. The molecule has 0 amide bonds. The molecule has 1 atom stereocenters. The van der Waals surface area contributed by atoms with Crippen molar-refractivity contribution in [3.63, 3.8) is 0 Å². The fraction of sp³-hybridized carbons (Fsp3) is 0.250. The van der Waals surface area contributed by atoms with Crippen molar-refractivity contribution in [1.82, 2.24) is 9.55 Å². The van der Waals surface area contributed by atoms with E-state index >= 15 is 0 Å². The normalized spacial score (nSPS) is 18.4. The molecule has 0 bridgehead atoms. The summed E-state index contributed by atoms with van der Waals surface area (Å²) in [6.45, 7) is 0.681. The van der Waals surface area contributed by atoms with Gasteiger partial charge in [-0.05, 0) is 36.3 Å². The van der Waals surface area contributed by atoms with E-state index in [0.717, 1.165) is 18.2 Å². The van der Waals surface area contributed by atoms with Crippen LogP contribution in [0.2, 0.25) is 0 Å². The molecular weight excluding hydrogens is 242 g/mol. The molecule has 1 aromatic carbocycles. The number of H-pyrrole nitrogens is 1. The number of aromatic nitrogens is 2. The van der Waals surface area contributed by atoms with E-state index < -0.39 is 11.6 Å². The summed E-state index contributed by atoms with van der Waals surface area (Å²) in [5.41, 5.74) is 1.78. The third kappa shape index (κ3) is 1.80. The second-order valence-electron chi connectivity index (χ2n) is 4.30. The minimum Gasteiger partial charge on any atom is -0.337 e. The van der Waals surface area contributed by atoms with Crippen LogP contribution in [-0.4, -0.2) is 9.55 Å². The van der Waals surface area contributed by atoms with E-state index in [1.165, 1.54) is 12.1 Å². The minimum atomic E-state index is -0.526. The highest BCUT2D eigenvalue weighted by molar-refractivity contribution is 7.71. The van der Waals surface area contributed by atoms with Crippen molar-refractivity contribution in [2.24, 2.45) is 0 Å². The lowest BCUT2D eigenvalue weighted by Crippen LogP contribution is -2.02. The Morgan fingerprint density at radius 1 is 1.24 bits per heavy atom. The Balaban J connectivity index is 1.96. The zero-order valence-corrected chi connectivity index (χ0v) is 9.73. The summed E-state index contributed by atoms with van der Waals surface area (Å²) in [7, 11) is 0. The average molecular weight is 252 g/mol. The first-order valence-corrected chi connectivity index (χ1v) is 5.77. The zero-order chi connectivity index (χ0) is 12.0. The van der Waals surface area contributed by atoms with Crippen LogP contribution >= 0.6 is 12.2 Å². The Labute approximate surface area is 102 Å². The van der Waals surface area contributed by atoms with Crippen molar-refractivity contribution < 1.29 is 8.78 Å². The van der Waals surface area contributed by atoms with Gasteiger partial charge in [0.15, 0.2) is 4.77 Å². The second kappa shape index (κ2) is 3.77. The van der Waals surface area contributed by atoms with Crippen LogP contribution in [0.5, 0.6) is 0 Å². The molecule has 1 aromatic heterocycles. The fourth-order valence-electron chi connectivity index (χ4n) is 2.37. The van der Waals surface area contributed by atoms with Crippen molar-refractivity contribution in [3.05, 3.63) is 52.1 Å². The van der Waals surface area contributed by atoms with Crippen LogP contribution in [-0.2, 0) is 13.0 Å². The standard InChI is InChI=1S/C12H10F2N2S/c13-9-1-7(2-10(14)4-9)8-3-11-5-15-12(17)16(11)6-8/h1-2,4-5,8H,3,6H2,(H,15,17)/t8-/m0/s1. The Hall–Kier alpha value is -1.49. The largest absolute Gasteiger partial charge is 0.337 e. The predicted molar refractivity (Wildman–Crippen MR) is 62.4 cm³/mol. The molecule has 0 unspecified atom stereocenters. The van der Waals surface area contributed by atoms with Gasteiger partial charge in [-0.25, -0.2) is 8.78 Å². The van der Waals surface area contributed by atoms with Gasteiger partial charge in [-0.1, -0.05) is 0 Å². The summed E-state index contributed by atoms with van der Waals surface area (Å²) in [6, 6.07) is 3.69. The van der Waals surface area contributed by atoms with E-state index in [1.54, 1.807) is 0 Å². The van der Waals surface area contributed by atoms with Gasteiger partial charge >= 0.3 is 0 Å². The van der Waals surface area contributed by atoms with Crippen LogP contribution in [0.15, 0.2) is 24.4 Å². The van der Waals surface area contributed by atoms with Gasteiger partial charge in [0.1, 0.15) is 11.6 Å². The van der Waals surface area contributed by atoms with E-state index in [4.69, 9.17) is 12.2 Å². The molecule has 0 saturated heterocycles. The van der Waals surface area contributed by atoms with Crippen LogP contribution in [0.25, 0.3) is 0 Å². The molecule has 0 spiro atoms. The van der Waals surface area contributed by atoms with Crippen molar-refractivity contribution >= 4 is 12.2 Å². The first kappa shape index (κ1) is 10.7. The predicted octanol–water partition coefficient (Wildman–Crippen LogP) is 3.16. The summed E-state index contributed by atoms with van der Waals surface area (Å²) in [5, 5.41) is 0. The van der Waals surface area contributed by atoms with Gasteiger partial charge in [0.25, 0.3) is 0 Å². The molecule has 5 heteroatoms. The van der Waals surface area contributed by atoms with Gasteiger partial charge in [0.2, 0.25) is 0 Å². The number of hydrogen-bond donors (Lipinski definition) is 1. The number of halogens is 2. The lowest BCUT2D eigenvalue weighted by Gasteiger charge is -2.09. The molecule has 0 fully saturated rings. The molecule has 1 aliphatic rings. The quantitative estimate of drug-likeness (QED) is 0.773. The lowest BCUT2D eigenvalue weighted by atomic mass is 9.97. The van der Waals surface area contributed by atoms with Gasteiger partial charge in [-0.3, -0.25) is 0 Å². The number of nitrogens with one attached hydrogen (secondary N) is 1. The van der Waals surface area contributed by atoms with E-state index in [1.807, 2.05) is 10.8 Å². The van der Waals surface area contributed by atoms with E-state index in [9.17, 15) is 8.78 Å². The molecule has 2 nitrogen and oxygen atoms in total. The molecule has 0 radical (unpaired) electrons. The molecule has 0 aliphatic carbocycles. The van der Waals surface area contributed by atoms with Crippen LogP contribution in [0.4, 0.5) is 8.78 Å². The van der Waals surface area contributed by atoms with E-state index in [2.05, 4.69) is 4.98 Å². The molecular formula is C12H10F2N2S. The van der Waals surface area contributed by atoms with Gasteiger partial charge in [-0.15, -0.1) is 0 Å². The van der Waals surface area contributed by atoms with Gasteiger partial charge in [0, 0.05) is 30.4 Å². The molecule has 0 saturated carbocycles. The fourth-order valence-corrected chi connectivity index (χ4v) is 2.62. The number of hydrogen-bond acceptors (Lipinski definition) is 1. The van der Waals surface area contributed by atoms with Crippen LogP contribution in [0.1, 0.15) is 17.2 Å². The summed E-state index contributed by atoms with van der Waals surface area (Å²) >= 11 is 5.13. The van der Waals surface area contributed by atoms with Crippen LogP contribution in [0, 0.1) is 16.4 Å². The minimum absolute atomic E-state index is 0.103. The number of nitrogens with zero attached hydrogens (tertiary/aromatic N) is 1. The molecule has 1 N–H and O–H groups in total. The smallest absolute Gasteiger partial charge is 0.177 e. The number of benzene rings is 1. The summed E-state index contributed by atoms with van der Waals surface area (Å²) in [6.07, 6.45) is 2.62. The summed E-state index contributed by atoms with van der Waals surface area (Å²) in [5.74, 6) is -0.949. The number of fused-ring (bicyclic) bond motifs is 1. The summed E-state index contributed by atoms with van der Waals surface area (Å²) in [4.78, 5) is 2.96. The lowest BCUT2D eigenvalue weighted by molar-refractivity contribution is 0.567. The Kier molecular flexibility index (Phi) is 2.36. The third-order valence-electron chi connectivity index (χ3n) is 3.17. The molecule has 88 valence electrons. The van der Waals surface area contributed by atoms with Gasteiger partial charge < -0.3 is 9.55 Å². The van der Waals surface area contributed by atoms with E-state index in [-0.39, 0.29) is 5.92 Å². The Morgan fingerprint density at radius 2 is 1.94 bits per heavy atom. The number of rotatable bonds is 1. The van der Waals surface area contributed by atoms with Crippen molar-refractivity contribution in [1.29, 1.82) is 0 Å². The molecule has 3 rings (SSSR count). The van der Waals surface area contributed by atoms with Gasteiger partial charge in [0.05, 0.1) is 0 Å². The van der Waals surface area contributed by atoms with Crippen molar-refractivity contribution in [2.75, 3.05) is 0 Å². The van der Waals surface area contributed by atoms with Crippen molar-refractivity contribution in [3.8, 4) is 0 Å². The van der Waals surface area contributed by atoms with E-state index in [0.29, 0.717) is 16.9 Å². The first-order valence-electron chi connectivity index (χ1n) is 5.36. The first-order chi connectivity index (χ1) is 8.13. The third-order valence-corrected chi connectivity index (χ3v) is 3.51. The maximum atomic E-state index is 13.1. The maximum absolute atomic E-state index is 13.1. The highest BCUT2D eigenvalue weighted by Crippen LogP contribution is 2.30. The Bertz CT molecular complexity index is 609. The molecule has 2 heterocycles. The SMILES string of the molecule is Fc1cc(F)cc([C@H]2Cc3c[nH]c(=S)n3C2)c1. The van der Waals surface area contributed by atoms with Crippen LogP contribution < -0.4 is 0 Å². The average Bonchev–Trinajstić information content (AvgIpc) is 2.80. The highest BCUT2D eigenvalue weighted by atomic mass is 32.1. The molecule has 17 heavy (non-hydrogen) atoms. The summed E-state index contributed by atoms with van der Waals surface area (Å²) < 4.78 is 28.9. The number of aromatic amines is 1. The number of imidazole rings is 1. The molecule has 2 aromatic rings. The van der Waals surface area contributed by atoms with Crippen LogP contribution in [0.3, 0.4) is 0 Å². The second-order valence-corrected chi connectivity index (χ2v) is 4.69. The van der Waals surface area contributed by atoms with Crippen molar-refractivity contribution in [2.45, 2.75) is 18.9 Å². The van der Waals surface area contributed by atoms with Gasteiger partial charge in [-0.2, -0.15) is 0 Å². The maximum Gasteiger partial charge on any atom is 0.177 e.